The third-order valence-corrected chi connectivity index (χ3v) is 2.20. The van der Waals surface area contributed by atoms with Crippen molar-refractivity contribution in [3.8, 4) is 0 Å². The fraction of sp³-hybridized carbons (Fsp3) is 0.333. The molecule has 2 rings (SSSR count). The van der Waals surface area contributed by atoms with E-state index in [4.69, 9.17) is 5.73 Å². The Morgan fingerprint density at radius 1 is 1.50 bits per heavy atom. The number of carbonyl (C=O) groups excluding carboxylic acids is 1. The molecule has 0 aliphatic carbocycles. The zero-order chi connectivity index (χ0) is 9.97. The van der Waals surface area contributed by atoms with Gasteiger partial charge in [0.1, 0.15) is 0 Å². The minimum absolute atomic E-state index is 0.0260. The van der Waals surface area contributed by atoms with Crippen molar-refractivity contribution in [1.29, 1.82) is 0 Å². The van der Waals surface area contributed by atoms with E-state index in [0.717, 1.165) is 5.56 Å². The third kappa shape index (κ3) is 1.82. The average Bonchev–Trinajstić information content (AvgIpc) is 2.19. The van der Waals surface area contributed by atoms with Gasteiger partial charge in [0.05, 0.1) is 18.3 Å². The Kier molecular flexibility index (Phi) is 2.32. The summed E-state index contributed by atoms with van der Waals surface area (Å²) in [6.45, 7) is 0.934. The van der Waals surface area contributed by atoms with Crippen LogP contribution in [0.1, 0.15) is 11.6 Å². The zero-order valence-electron chi connectivity index (χ0n) is 7.66. The topological polar surface area (TPSA) is 80.0 Å². The van der Waals surface area contributed by atoms with Crippen LogP contribution in [0, 0.1) is 0 Å². The molecule has 0 bridgehead atoms. The van der Waals surface area contributed by atoms with E-state index in [1.807, 2.05) is 6.07 Å². The number of piperazine rings is 1. The zero-order valence-corrected chi connectivity index (χ0v) is 7.66. The average molecular weight is 192 g/mol. The number of nitrogens with two attached hydrogens (primary N) is 1. The first-order valence-electron chi connectivity index (χ1n) is 4.46. The van der Waals surface area contributed by atoms with E-state index in [-0.39, 0.29) is 11.9 Å². The molecule has 14 heavy (non-hydrogen) atoms. The lowest BCUT2D eigenvalue weighted by molar-refractivity contribution is -0.121. The smallest absolute Gasteiger partial charge is 0.234 e. The summed E-state index contributed by atoms with van der Waals surface area (Å²) in [5.74, 6) is 0.0260. The van der Waals surface area contributed by atoms with Crippen LogP contribution in [0.5, 0.6) is 0 Å². The Balaban J connectivity index is 2.12. The second-order valence-electron chi connectivity index (χ2n) is 3.29. The summed E-state index contributed by atoms with van der Waals surface area (Å²) in [6.07, 6.45) is 3.36. The largest absolute Gasteiger partial charge is 0.397 e. The van der Waals surface area contributed by atoms with Gasteiger partial charge < -0.3 is 11.1 Å². The maximum atomic E-state index is 10.9. The number of rotatable bonds is 1. The number of pyridine rings is 1. The first kappa shape index (κ1) is 8.96. The van der Waals surface area contributed by atoms with Gasteiger partial charge in [0.25, 0.3) is 0 Å². The van der Waals surface area contributed by atoms with Crippen molar-refractivity contribution in [2.45, 2.75) is 6.04 Å². The van der Waals surface area contributed by atoms with Gasteiger partial charge in [0.2, 0.25) is 5.91 Å². The third-order valence-electron chi connectivity index (χ3n) is 2.20. The molecule has 1 aromatic heterocycles. The predicted octanol–water partition coefficient (Wildman–Crippen LogP) is -0.576. The minimum Gasteiger partial charge on any atom is -0.397 e. The number of carbonyl (C=O) groups is 1. The fourth-order valence-corrected chi connectivity index (χ4v) is 1.47. The highest BCUT2D eigenvalue weighted by Crippen LogP contribution is 2.14. The second kappa shape index (κ2) is 3.63. The molecule has 1 fully saturated rings. The van der Waals surface area contributed by atoms with Gasteiger partial charge in [0, 0.05) is 18.9 Å². The molecule has 0 spiro atoms. The molecule has 1 unspecified atom stereocenters. The molecule has 0 aromatic carbocycles. The molecule has 2 heterocycles. The number of amides is 1. The molecule has 1 atom stereocenters. The molecule has 1 aromatic rings. The number of hydrogen-bond acceptors (Lipinski definition) is 4. The van der Waals surface area contributed by atoms with Crippen LogP contribution in [0.4, 0.5) is 5.69 Å². The van der Waals surface area contributed by atoms with Crippen molar-refractivity contribution in [2.24, 2.45) is 0 Å². The lowest BCUT2D eigenvalue weighted by atomic mass is 10.1. The van der Waals surface area contributed by atoms with Gasteiger partial charge in [0.15, 0.2) is 0 Å². The van der Waals surface area contributed by atoms with Crippen LogP contribution in [0.2, 0.25) is 0 Å². The monoisotopic (exact) mass is 192 g/mol. The van der Waals surface area contributed by atoms with E-state index in [0.29, 0.717) is 18.8 Å². The second-order valence-corrected chi connectivity index (χ2v) is 3.29. The summed E-state index contributed by atoms with van der Waals surface area (Å²) in [4.78, 5) is 14.9. The molecule has 0 radical (unpaired) electrons. The number of hydrogen-bond donors (Lipinski definition) is 3. The molecule has 5 nitrogen and oxygen atoms in total. The first-order chi connectivity index (χ1) is 6.75. The van der Waals surface area contributed by atoms with Crippen LogP contribution in [0.25, 0.3) is 0 Å². The predicted molar refractivity (Wildman–Crippen MR) is 52.4 cm³/mol. The van der Waals surface area contributed by atoms with Crippen LogP contribution >= 0.6 is 0 Å². The Bertz CT molecular complexity index is 342. The van der Waals surface area contributed by atoms with Gasteiger partial charge in [-0.3, -0.25) is 15.1 Å². The normalized spacial score (nSPS) is 21.7. The Morgan fingerprint density at radius 2 is 2.36 bits per heavy atom. The van der Waals surface area contributed by atoms with Crippen LogP contribution in [0.15, 0.2) is 18.5 Å². The molecular weight excluding hydrogens is 180 g/mol. The van der Waals surface area contributed by atoms with Crippen molar-refractivity contribution in [3.63, 3.8) is 0 Å². The minimum atomic E-state index is 0.0260. The molecule has 1 saturated heterocycles. The van der Waals surface area contributed by atoms with Gasteiger partial charge in [-0.15, -0.1) is 0 Å². The summed E-state index contributed by atoms with van der Waals surface area (Å²) in [5, 5.41) is 5.88. The fourth-order valence-electron chi connectivity index (χ4n) is 1.47. The van der Waals surface area contributed by atoms with Gasteiger partial charge in [-0.2, -0.15) is 0 Å². The maximum absolute atomic E-state index is 10.9. The van der Waals surface area contributed by atoms with E-state index in [1.165, 1.54) is 0 Å². The van der Waals surface area contributed by atoms with Crippen molar-refractivity contribution < 1.29 is 4.79 Å². The number of nitrogens with one attached hydrogen (secondary N) is 2. The number of aromatic nitrogens is 1. The van der Waals surface area contributed by atoms with Crippen LogP contribution < -0.4 is 16.4 Å². The van der Waals surface area contributed by atoms with Gasteiger partial charge in [-0.1, -0.05) is 0 Å². The van der Waals surface area contributed by atoms with Crippen molar-refractivity contribution in [2.75, 3.05) is 18.8 Å². The summed E-state index contributed by atoms with van der Waals surface area (Å²) < 4.78 is 0. The Labute approximate surface area is 81.7 Å². The summed E-state index contributed by atoms with van der Waals surface area (Å²) in [7, 11) is 0. The number of nitrogens with zero attached hydrogens (tertiary/aromatic N) is 1. The molecular formula is C9H12N4O. The number of anilines is 1. The molecule has 74 valence electrons. The molecule has 1 aliphatic rings. The van der Waals surface area contributed by atoms with Crippen molar-refractivity contribution in [1.82, 2.24) is 15.6 Å². The summed E-state index contributed by atoms with van der Waals surface area (Å²) >= 11 is 0. The highest BCUT2D eigenvalue weighted by Gasteiger charge is 2.18. The van der Waals surface area contributed by atoms with Crippen LogP contribution in [0.3, 0.4) is 0 Å². The molecule has 4 N–H and O–H groups in total. The standard InChI is InChI=1S/C9H12N4O/c10-7-1-6(2-11-3-7)8-4-13-9(14)5-12-8/h1-3,8,12H,4-5,10H2,(H,13,14). The SMILES string of the molecule is Nc1cncc(C2CNC(=O)CN2)c1. The Morgan fingerprint density at radius 3 is 3.00 bits per heavy atom. The quantitative estimate of drug-likeness (QED) is 0.556. The maximum Gasteiger partial charge on any atom is 0.234 e. The highest BCUT2D eigenvalue weighted by molar-refractivity contribution is 5.78. The van der Waals surface area contributed by atoms with E-state index < -0.39 is 0 Å². The van der Waals surface area contributed by atoms with Gasteiger partial charge in [-0.25, -0.2) is 0 Å². The summed E-state index contributed by atoms with van der Waals surface area (Å²) in [6, 6.07) is 1.98. The lowest BCUT2D eigenvalue weighted by Crippen LogP contribution is -2.46. The van der Waals surface area contributed by atoms with Crippen molar-refractivity contribution in [3.05, 3.63) is 24.0 Å². The van der Waals surface area contributed by atoms with E-state index in [2.05, 4.69) is 15.6 Å². The van der Waals surface area contributed by atoms with Crippen LogP contribution in [-0.2, 0) is 4.79 Å². The Hall–Kier alpha value is -1.62. The summed E-state index contributed by atoms with van der Waals surface area (Å²) in [5.41, 5.74) is 7.26. The molecule has 1 aliphatic heterocycles. The van der Waals surface area contributed by atoms with E-state index >= 15 is 0 Å². The molecule has 0 saturated carbocycles. The van der Waals surface area contributed by atoms with Crippen molar-refractivity contribution >= 4 is 11.6 Å². The number of nitrogen functional groups attached to an aromatic ring is 1. The first-order valence-corrected chi connectivity index (χ1v) is 4.46. The van der Waals surface area contributed by atoms with Crippen LogP contribution in [-0.4, -0.2) is 24.0 Å². The van der Waals surface area contributed by atoms with Gasteiger partial charge >= 0.3 is 0 Å². The highest BCUT2D eigenvalue weighted by atomic mass is 16.2. The van der Waals surface area contributed by atoms with E-state index in [1.54, 1.807) is 12.4 Å². The van der Waals surface area contributed by atoms with Gasteiger partial charge in [-0.05, 0) is 11.6 Å². The molecule has 1 amide bonds. The lowest BCUT2D eigenvalue weighted by Gasteiger charge is -2.24. The molecule has 5 heteroatoms. The van der Waals surface area contributed by atoms with E-state index in [9.17, 15) is 4.79 Å².